The predicted molar refractivity (Wildman–Crippen MR) is 104 cm³/mol. The Morgan fingerprint density at radius 3 is 2.61 bits per heavy atom. The topological polar surface area (TPSA) is 101 Å². The molecule has 0 radical (unpaired) electrons. The highest BCUT2D eigenvalue weighted by Gasteiger charge is 2.28. The van der Waals surface area contributed by atoms with Crippen LogP contribution < -0.4 is 10.2 Å². The average molecular weight is 384 g/mol. The molecule has 0 bridgehead atoms. The van der Waals surface area contributed by atoms with E-state index in [1.54, 1.807) is 24.2 Å². The maximum Gasteiger partial charge on any atom is 0.328 e. The van der Waals surface area contributed by atoms with E-state index in [4.69, 9.17) is 9.97 Å². The fraction of sp³-hybridized carbons (Fsp3) is 0.421. The van der Waals surface area contributed by atoms with Crippen molar-refractivity contribution in [1.82, 2.24) is 25.2 Å². The third-order valence-corrected chi connectivity index (χ3v) is 4.59. The number of hydrogen-bond donors (Lipinski definition) is 1. The summed E-state index contributed by atoms with van der Waals surface area (Å²) in [5, 5.41) is 2.67. The molecule has 1 N–H and O–H groups in total. The first-order valence-electron chi connectivity index (χ1n) is 9.01. The zero-order chi connectivity index (χ0) is 20.3. The lowest BCUT2D eigenvalue weighted by Crippen LogP contribution is -2.48. The number of carbonyl (C=O) groups is 2. The van der Waals surface area contributed by atoms with Crippen molar-refractivity contribution in [2.24, 2.45) is 0 Å². The Morgan fingerprint density at radius 2 is 1.96 bits per heavy atom. The molecule has 0 spiro atoms. The maximum absolute atomic E-state index is 12.6. The van der Waals surface area contributed by atoms with Gasteiger partial charge in [-0.15, -0.1) is 0 Å². The lowest BCUT2D eigenvalue weighted by atomic mass is 10.0. The number of methoxy groups -OCH3 is 1. The van der Waals surface area contributed by atoms with Gasteiger partial charge in [-0.25, -0.2) is 19.6 Å². The quantitative estimate of drug-likeness (QED) is 0.792. The van der Waals surface area contributed by atoms with Gasteiger partial charge in [0.2, 0.25) is 0 Å². The molecular weight excluding hydrogens is 360 g/mol. The molecular formula is C19H24N6O3. The molecule has 2 aromatic heterocycles. The standard InChI is InChI=1S/C19H24N6O3/c1-12(18(26)28-4)21-19(27)25-10-7-14-15(11-25)22-16(23-17(14)24(2)3)13-5-8-20-9-6-13/h5-6,8-9,12H,7,10-11H2,1-4H3,(H,21,27)/t12-/m0/s1. The number of nitrogens with zero attached hydrogens (tertiary/aromatic N) is 5. The minimum absolute atomic E-state index is 0.320. The van der Waals surface area contributed by atoms with Gasteiger partial charge in [0, 0.05) is 44.2 Å². The number of nitrogens with one attached hydrogen (secondary N) is 1. The van der Waals surface area contributed by atoms with Crippen LogP contribution in [-0.4, -0.2) is 65.6 Å². The van der Waals surface area contributed by atoms with Crippen molar-refractivity contribution in [1.29, 1.82) is 0 Å². The molecule has 0 unspecified atom stereocenters. The first-order chi connectivity index (χ1) is 13.4. The van der Waals surface area contributed by atoms with Crippen LogP contribution in [-0.2, 0) is 22.5 Å². The Kier molecular flexibility index (Phi) is 5.72. The second-order valence-electron chi connectivity index (χ2n) is 6.79. The van der Waals surface area contributed by atoms with Crippen LogP contribution >= 0.6 is 0 Å². The van der Waals surface area contributed by atoms with Gasteiger partial charge in [-0.2, -0.15) is 0 Å². The molecule has 1 atom stereocenters. The number of pyridine rings is 1. The third-order valence-electron chi connectivity index (χ3n) is 4.59. The number of carbonyl (C=O) groups excluding carboxylic acids is 2. The molecule has 9 nitrogen and oxygen atoms in total. The van der Waals surface area contributed by atoms with E-state index in [0.717, 1.165) is 22.6 Å². The van der Waals surface area contributed by atoms with E-state index in [1.807, 2.05) is 31.1 Å². The zero-order valence-electron chi connectivity index (χ0n) is 16.5. The van der Waals surface area contributed by atoms with Crippen LogP contribution in [0.25, 0.3) is 11.4 Å². The molecule has 2 aromatic rings. The Morgan fingerprint density at radius 1 is 1.25 bits per heavy atom. The normalized spacial score (nSPS) is 14.1. The highest BCUT2D eigenvalue weighted by Crippen LogP contribution is 2.28. The van der Waals surface area contributed by atoms with Crippen LogP contribution in [0.1, 0.15) is 18.2 Å². The van der Waals surface area contributed by atoms with Gasteiger partial charge in [0.15, 0.2) is 5.82 Å². The monoisotopic (exact) mass is 384 g/mol. The Bertz CT molecular complexity index is 871. The molecule has 2 amide bonds. The molecule has 0 aliphatic carbocycles. The first kappa shape index (κ1) is 19.5. The van der Waals surface area contributed by atoms with Gasteiger partial charge < -0.3 is 19.9 Å². The number of amides is 2. The Labute approximate surface area is 163 Å². The minimum Gasteiger partial charge on any atom is -0.467 e. The van der Waals surface area contributed by atoms with Crippen molar-refractivity contribution in [3.63, 3.8) is 0 Å². The lowest BCUT2D eigenvalue weighted by molar-refractivity contribution is -0.142. The molecule has 0 aromatic carbocycles. The summed E-state index contributed by atoms with van der Waals surface area (Å²) in [4.78, 5) is 41.2. The number of anilines is 1. The van der Waals surface area contributed by atoms with E-state index >= 15 is 0 Å². The van der Waals surface area contributed by atoms with Gasteiger partial charge in [-0.1, -0.05) is 0 Å². The van der Waals surface area contributed by atoms with Crippen LogP contribution in [0.4, 0.5) is 10.6 Å². The molecule has 1 aliphatic heterocycles. The van der Waals surface area contributed by atoms with Crippen molar-refractivity contribution < 1.29 is 14.3 Å². The number of urea groups is 1. The summed E-state index contributed by atoms with van der Waals surface area (Å²) >= 11 is 0. The summed E-state index contributed by atoms with van der Waals surface area (Å²) in [5.41, 5.74) is 2.70. The number of aromatic nitrogens is 3. The molecule has 3 heterocycles. The lowest BCUT2D eigenvalue weighted by Gasteiger charge is -2.31. The first-order valence-corrected chi connectivity index (χ1v) is 9.01. The van der Waals surface area contributed by atoms with E-state index in [2.05, 4.69) is 15.0 Å². The van der Waals surface area contributed by atoms with Crippen molar-refractivity contribution in [2.45, 2.75) is 25.9 Å². The molecule has 9 heteroatoms. The molecule has 1 aliphatic rings. The van der Waals surface area contributed by atoms with Gasteiger partial charge in [0.05, 0.1) is 19.3 Å². The smallest absolute Gasteiger partial charge is 0.328 e. The molecule has 148 valence electrons. The molecule has 28 heavy (non-hydrogen) atoms. The van der Waals surface area contributed by atoms with Gasteiger partial charge >= 0.3 is 12.0 Å². The van der Waals surface area contributed by atoms with Gasteiger partial charge in [0.1, 0.15) is 11.9 Å². The number of esters is 1. The van der Waals surface area contributed by atoms with Gasteiger partial charge in [-0.05, 0) is 25.5 Å². The van der Waals surface area contributed by atoms with Crippen LogP contribution in [0, 0.1) is 0 Å². The largest absolute Gasteiger partial charge is 0.467 e. The van der Waals surface area contributed by atoms with Crippen LogP contribution in [0.5, 0.6) is 0 Å². The highest BCUT2D eigenvalue weighted by molar-refractivity contribution is 5.83. The third kappa shape index (κ3) is 4.03. The summed E-state index contributed by atoms with van der Waals surface area (Å²) in [7, 11) is 5.18. The number of fused-ring (bicyclic) bond motifs is 1. The second kappa shape index (κ2) is 8.20. The van der Waals surface area contributed by atoms with E-state index in [9.17, 15) is 9.59 Å². The fourth-order valence-electron chi connectivity index (χ4n) is 3.10. The van der Waals surface area contributed by atoms with Crippen LogP contribution in [0.3, 0.4) is 0 Å². The summed E-state index contributed by atoms with van der Waals surface area (Å²) in [6.07, 6.45) is 4.03. The van der Waals surface area contributed by atoms with E-state index in [1.165, 1.54) is 7.11 Å². The summed E-state index contributed by atoms with van der Waals surface area (Å²) in [5.74, 6) is 0.956. The second-order valence-corrected chi connectivity index (χ2v) is 6.79. The maximum atomic E-state index is 12.6. The molecule has 0 fully saturated rings. The van der Waals surface area contributed by atoms with Crippen molar-refractivity contribution in [3.8, 4) is 11.4 Å². The number of hydrogen-bond acceptors (Lipinski definition) is 7. The summed E-state index contributed by atoms with van der Waals surface area (Å²) < 4.78 is 4.66. The molecule has 0 saturated heterocycles. The van der Waals surface area contributed by atoms with E-state index in [-0.39, 0.29) is 6.03 Å². The fourth-order valence-corrected chi connectivity index (χ4v) is 3.10. The van der Waals surface area contributed by atoms with Crippen LogP contribution in [0.2, 0.25) is 0 Å². The highest BCUT2D eigenvalue weighted by atomic mass is 16.5. The average Bonchev–Trinajstić information content (AvgIpc) is 2.72. The summed E-state index contributed by atoms with van der Waals surface area (Å²) in [6.45, 7) is 2.46. The van der Waals surface area contributed by atoms with Gasteiger partial charge in [-0.3, -0.25) is 4.98 Å². The number of ether oxygens (including phenoxy) is 1. The zero-order valence-corrected chi connectivity index (χ0v) is 16.5. The predicted octanol–water partition coefficient (Wildman–Crippen LogP) is 1.23. The summed E-state index contributed by atoms with van der Waals surface area (Å²) in [6, 6.07) is 2.67. The molecule has 3 rings (SSSR count). The Balaban J connectivity index is 1.88. The molecule has 0 saturated carbocycles. The van der Waals surface area contributed by atoms with Crippen molar-refractivity contribution >= 4 is 17.8 Å². The number of rotatable bonds is 4. The van der Waals surface area contributed by atoms with E-state index in [0.29, 0.717) is 25.3 Å². The SMILES string of the molecule is COC(=O)[C@H](C)NC(=O)N1CCc2c(nc(-c3ccncc3)nc2N(C)C)C1. The minimum atomic E-state index is -0.714. The van der Waals surface area contributed by atoms with Crippen LogP contribution in [0.15, 0.2) is 24.5 Å². The van der Waals surface area contributed by atoms with E-state index < -0.39 is 12.0 Å². The Hall–Kier alpha value is -3.23. The van der Waals surface area contributed by atoms with Crippen molar-refractivity contribution in [3.05, 3.63) is 35.8 Å². The van der Waals surface area contributed by atoms with Gasteiger partial charge in [0.25, 0.3) is 0 Å². The van der Waals surface area contributed by atoms with Crippen molar-refractivity contribution in [2.75, 3.05) is 32.6 Å².